The number of imide groups is 1. The first-order chi connectivity index (χ1) is 46.9. The molecule has 4 aromatic rings. The fourth-order valence-electron chi connectivity index (χ4n) is 11.4. The highest BCUT2D eigenvalue weighted by molar-refractivity contribution is 7.86. The Morgan fingerprint density at radius 2 is 1.52 bits per heavy atom. The zero-order valence-corrected chi connectivity index (χ0v) is 59.9. The summed E-state index contributed by atoms with van der Waals surface area (Å²) < 4.78 is 128. The smallest absolute Gasteiger partial charge is 0.494 e. The van der Waals surface area contributed by atoms with Gasteiger partial charge in [-0.15, -0.1) is 11.3 Å². The van der Waals surface area contributed by atoms with E-state index in [0.29, 0.717) is 67.9 Å². The Hall–Kier alpha value is -8.45. The van der Waals surface area contributed by atoms with Crippen LogP contribution in [0.25, 0.3) is 22.7 Å². The SMILES string of the molecule is COc1cc(C(C)OC(=O)ON2C(=O)CCC2=O)c([N+](=O)[O-])cc1OCCN(C)CCNC(=O)C(CCCC[N+](C)(C)C)NC(=O)C(CS(=O)(=O)O)NC(=O)CCCOc1ccc(/C=C/C2=[N+]3C(=Cc4c(CCC[N+](C)(C)C)cc(-c5cccs5)n4[B-]3(F)F)C(CCCS(=O)(=O)O)=C2)cc1. The normalized spacial score (nSPS) is 15.6. The number of aromatic nitrogens is 1. The van der Waals surface area contributed by atoms with E-state index >= 15 is 8.63 Å². The van der Waals surface area contributed by atoms with Crippen molar-refractivity contribution in [1.82, 2.24) is 30.4 Å². The molecule has 29 nitrogen and oxygen atoms in total. The highest BCUT2D eigenvalue weighted by Gasteiger charge is 2.54. The molecule has 35 heteroatoms. The molecule has 3 aliphatic heterocycles. The second-order valence-corrected chi connectivity index (χ2v) is 30.6. The van der Waals surface area contributed by atoms with Crippen LogP contribution in [0.3, 0.4) is 0 Å². The molecule has 2 aromatic heterocycles. The first-order valence-electron chi connectivity index (χ1n) is 32.5. The lowest BCUT2D eigenvalue weighted by Crippen LogP contribution is -2.56. The third kappa shape index (κ3) is 23.0. The van der Waals surface area contributed by atoms with Gasteiger partial charge in [-0.1, -0.05) is 23.3 Å². The number of allylic oxidation sites excluding steroid dienone is 3. The maximum Gasteiger partial charge on any atom is 0.737 e. The number of unbranched alkanes of at least 4 members (excludes halogenated alkanes) is 1. The van der Waals surface area contributed by atoms with Crippen molar-refractivity contribution in [2.75, 3.05) is 114 Å². The van der Waals surface area contributed by atoms with Gasteiger partial charge in [0.1, 0.15) is 36.3 Å². The second-order valence-electron chi connectivity index (χ2n) is 26.6. The Balaban J connectivity index is 0.931. The molecule has 2 aromatic carbocycles. The number of hydroxylamine groups is 2. The molecule has 5 amide bonds. The number of carbonyl (C=O) groups is 6. The summed E-state index contributed by atoms with van der Waals surface area (Å²) in [5, 5.41) is 22.0. The van der Waals surface area contributed by atoms with Crippen molar-refractivity contribution in [3.8, 4) is 27.8 Å². The summed E-state index contributed by atoms with van der Waals surface area (Å²) in [6.45, 7) is -1.25. The number of benzene rings is 2. The summed E-state index contributed by atoms with van der Waals surface area (Å²) in [7, 11) is 5.96. The number of amides is 5. The van der Waals surface area contributed by atoms with Crippen molar-refractivity contribution in [3.63, 3.8) is 0 Å². The topological polar surface area (TPSA) is 351 Å². The molecule has 1 fully saturated rings. The summed E-state index contributed by atoms with van der Waals surface area (Å²) >= 11 is 1.36. The van der Waals surface area contributed by atoms with E-state index in [4.69, 9.17) is 23.8 Å². The van der Waals surface area contributed by atoms with Crippen LogP contribution in [-0.2, 0) is 60.2 Å². The summed E-state index contributed by atoms with van der Waals surface area (Å²) in [6.07, 6.45) is 5.94. The van der Waals surface area contributed by atoms with Crippen molar-refractivity contribution in [3.05, 3.63) is 116 Å². The molecule has 3 atom stereocenters. The van der Waals surface area contributed by atoms with E-state index in [2.05, 4.69) is 37.1 Å². The maximum atomic E-state index is 17.5. The van der Waals surface area contributed by atoms with Crippen molar-refractivity contribution >= 4 is 97.8 Å². The Morgan fingerprint density at radius 3 is 2.15 bits per heavy atom. The van der Waals surface area contributed by atoms with Crippen LogP contribution in [0.5, 0.6) is 17.2 Å². The predicted octanol–water partition coefficient (Wildman–Crippen LogP) is 6.42. The van der Waals surface area contributed by atoms with Gasteiger partial charge in [0.05, 0.1) is 91.4 Å². The summed E-state index contributed by atoms with van der Waals surface area (Å²) in [5.41, 5.74) is 2.43. The second kappa shape index (κ2) is 34.3. The van der Waals surface area contributed by atoms with Gasteiger partial charge in [-0.05, 0) is 112 Å². The molecule has 7 rings (SSSR count). The molecule has 0 bridgehead atoms. The lowest BCUT2D eigenvalue weighted by Gasteiger charge is -2.31. The number of hydrogen-bond acceptors (Lipinski definition) is 19. The molecular formula is C65H89BF2N10O19S3+2. The minimum absolute atomic E-state index is 0.00440. The molecule has 0 radical (unpaired) electrons. The maximum absolute atomic E-state index is 17.5. The van der Waals surface area contributed by atoms with E-state index in [9.17, 15) is 64.8 Å². The number of quaternary nitrogens is 2. The quantitative estimate of drug-likeness (QED) is 0.00470. The summed E-state index contributed by atoms with van der Waals surface area (Å²) in [5.74, 6) is -5.30. The van der Waals surface area contributed by atoms with Crippen LogP contribution in [0.1, 0.15) is 99.6 Å². The zero-order chi connectivity index (χ0) is 73.5. The molecule has 5 N–H and O–H groups in total. The van der Waals surface area contributed by atoms with Crippen LogP contribution in [0, 0.1) is 10.1 Å². The number of aryl methyl sites for hydroxylation is 1. The lowest BCUT2D eigenvalue weighted by atomic mass is 9.88. The molecule has 5 heterocycles. The van der Waals surface area contributed by atoms with Gasteiger partial charge in [-0.3, -0.25) is 48.0 Å². The summed E-state index contributed by atoms with van der Waals surface area (Å²) in [4.78, 5) is 95.7. The number of nitrogens with zero attached hydrogens (tertiary/aromatic N) is 7. The number of nitro benzene ring substituents is 1. The average molecular weight is 1460 g/mol. The number of carbonyl (C=O) groups excluding carboxylic acids is 6. The number of methoxy groups -OCH3 is 1. The molecule has 0 aliphatic carbocycles. The van der Waals surface area contributed by atoms with Crippen LogP contribution >= 0.6 is 11.3 Å². The van der Waals surface area contributed by atoms with E-state index in [0.717, 1.165) is 33.6 Å². The highest BCUT2D eigenvalue weighted by Crippen LogP contribution is 2.43. The van der Waals surface area contributed by atoms with Gasteiger partial charge in [0.2, 0.25) is 17.7 Å². The number of thiophene rings is 1. The molecule has 1 saturated heterocycles. The van der Waals surface area contributed by atoms with E-state index < -0.39 is 103 Å². The molecule has 0 spiro atoms. The van der Waals surface area contributed by atoms with E-state index in [1.165, 1.54) is 31.4 Å². The highest BCUT2D eigenvalue weighted by atomic mass is 32.2. The Morgan fingerprint density at radius 1 is 0.830 bits per heavy atom. The number of rotatable bonds is 39. The number of ether oxygens (including phenoxy) is 4. The van der Waals surface area contributed by atoms with Crippen molar-refractivity contribution < 1.29 is 106 Å². The van der Waals surface area contributed by atoms with Gasteiger partial charge in [0, 0.05) is 85.4 Å². The number of halogens is 2. The van der Waals surface area contributed by atoms with Gasteiger partial charge in [-0.25, -0.2) is 4.79 Å². The van der Waals surface area contributed by atoms with Gasteiger partial charge >= 0.3 is 13.1 Å². The average Bonchev–Trinajstić information content (AvgIpc) is 1.55. The fourth-order valence-corrected chi connectivity index (χ4v) is 13.3. The van der Waals surface area contributed by atoms with Crippen LogP contribution in [0.4, 0.5) is 19.1 Å². The molecule has 546 valence electrons. The Bertz CT molecular complexity index is 4000. The molecule has 100 heavy (non-hydrogen) atoms. The monoisotopic (exact) mass is 1460 g/mol. The number of likely N-dealkylation sites (N-methyl/N-ethyl adjacent to an activating group) is 1. The third-order valence-corrected chi connectivity index (χ3v) is 18.9. The molecule has 3 unspecified atom stereocenters. The third-order valence-electron chi connectivity index (χ3n) is 16.4. The van der Waals surface area contributed by atoms with Gasteiger partial charge < -0.3 is 66.4 Å². The zero-order valence-electron chi connectivity index (χ0n) is 57.5. The van der Waals surface area contributed by atoms with E-state index in [1.54, 1.807) is 60.5 Å². The number of fused-ring (bicyclic) bond motifs is 2. The van der Waals surface area contributed by atoms with Crippen molar-refractivity contribution in [1.29, 1.82) is 0 Å². The first-order valence-corrected chi connectivity index (χ1v) is 36.6. The number of hydrogen-bond donors (Lipinski definition) is 5. The minimum atomic E-state index is -4.87. The minimum Gasteiger partial charge on any atom is -0.494 e. The van der Waals surface area contributed by atoms with E-state index in [1.807, 2.05) is 44.7 Å². The molecule has 3 aliphatic rings. The van der Waals surface area contributed by atoms with Crippen LogP contribution in [0.2, 0.25) is 0 Å². The van der Waals surface area contributed by atoms with Crippen molar-refractivity contribution in [2.45, 2.75) is 95.7 Å². The number of nitro groups is 1. The number of nitrogens with one attached hydrogen (secondary N) is 3. The van der Waals surface area contributed by atoms with Gasteiger partial charge in [-0.2, -0.15) is 16.8 Å². The van der Waals surface area contributed by atoms with Gasteiger partial charge in [0.25, 0.3) is 37.7 Å². The van der Waals surface area contributed by atoms with Crippen LogP contribution < -0.4 is 30.2 Å². The largest absolute Gasteiger partial charge is 0.737 e. The molecule has 0 saturated carbocycles. The Kier molecular flexibility index (Phi) is 27.0. The van der Waals surface area contributed by atoms with E-state index in [-0.39, 0.29) is 111 Å². The molecular weight excluding hydrogens is 1370 g/mol. The lowest BCUT2D eigenvalue weighted by molar-refractivity contribution is -0.870. The standard InChI is InChI=1S/C65H87BF2N10O19S3/c1-44(96-65(84)97-75-61(80)27-28-62(75)81)50-40-57(93-9)58(42-55(50)76(85)86)95-35-31-72(2)30-29-69-63(82)51(18-10-11-32-77(3,4)5)71-64(83)52(43-100(90,91)92)70-60(79)20-13-34-94-49-25-22-45(23-26-49)21-24-48-38-46(17-15-37-99(87,88)89)53-41-54-47(16-12-33-78(6,7)8)39-56(59-19-14-36-98-59)74(54)66(67,68)73(48)53/h14,19,21-26,36,38-42,44,51-52H,10-13,15-18,20,27-35,37,43H2,1-9H3,(H3-2,69,70,71,79,82,83,87,88,89,90,91,92)/p+2/b24-21+. The van der Waals surface area contributed by atoms with Gasteiger partial charge in [0.15, 0.2) is 22.9 Å². The Labute approximate surface area is 584 Å². The predicted molar refractivity (Wildman–Crippen MR) is 369 cm³/mol. The van der Waals surface area contributed by atoms with Crippen LogP contribution in [0.15, 0.2) is 83.4 Å². The fraction of sp³-hybridized carbons (Fsp3) is 0.492. The first kappa shape index (κ1) is 78.9. The summed E-state index contributed by atoms with van der Waals surface area (Å²) in [6, 6.07) is 11.4. The van der Waals surface area contributed by atoms with Crippen molar-refractivity contribution in [2.24, 2.45) is 0 Å². The van der Waals surface area contributed by atoms with Crippen LogP contribution in [-0.4, -0.2) is 233 Å².